The first kappa shape index (κ1) is 23.4. The molecule has 0 aromatic heterocycles. The van der Waals surface area contributed by atoms with Crippen molar-refractivity contribution in [1.29, 1.82) is 0 Å². The Bertz CT molecular complexity index is 975. The van der Waals surface area contributed by atoms with Gasteiger partial charge in [-0.1, -0.05) is 42.3 Å². The number of hydrogen-bond acceptors (Lipinski definition) is 3. The number of ether oxygens (including phenoxy) is 1. The molecule has 0 bridgehead atoms. The van der Waals surface area contributed by atoms with Crippen molar-refractivity contribution in [2.75, 3.05) is 39.3 Å². The maximum atomic E-state index is 13.2. The maximum absolute atomic E-state index is 13.2. The third-order valence-corrected chi connectivity index (χ3v) is 8.19. The maximum Gasteiger partial charge on any atom is 0.253 e. The molecule has 1 saturated heterocycles. The summed E-state index contributed by atoms with van der Waals surface area (Å²) in [5, 5.41) is 0. The van der Waals surface area contributed by atoms with Crippen molar-refractivity contribution in [3.63, 3.8) is 0 Å². The Hall–Kier alpha value is -2.33. The number of likely N-dealkylation sites (tertiary alicyclic amines) is 1. The summed E-state index contributed by atoms with van der Waals surface area (Å²) in [5.41, 5.74) is 3.65. The van der Waals surface area contributed by atoms with E-state index in [0.29, 0.717) is 5.41 Å². The average molecular weight is 461 g/mol. The van der Waals surface area contributed by atoms with Crippen LogP contribution in [0, 0.1) is 18.3 Å². The van der Waals surface area contributed by atoms with Crippen molar-refractivity contribution < 1.29 is 9.53 Å². The molecular formula is C30H40N2O2. The lowest BCUT2D eigenvalue weighted by Crippen LogP contribution is -2.49. The number of carbonyl (C=O) groups is 1. The van der Waals surface area contributed by atoms with Crippen LogP contribution < -0.4 is 4.74 Å². The first-order valence-corrected chi connectivity index (χ1v) is 13.4. The predicted octanol–water partition coefficient (Wildman–Crippen LogP) is 5.73. The van der Waals surface area contributed by atoms with E-state index in [-0.39, 0.29) is 5.91 Å². The molecule has 2 aromatic rings. The summed E-state index contributed by atoms with van der Waals surface area (Å²) in [6.07, 6.45) is 9.80. The molecule has 0 atom stereocenters. The van der Waals surface area contributed by atoms with Gasteiger partial charge in [0, 0.05) is 38.3 Å². The van der Waals surface area contributed by atoms with Crippen LogP contribution in [0.4, 0.5) is 0 Å². The Morgan fingerprint density at radius 2 is 1.82 bits per heavy atom. The molecule has 1 aliphatic carbocycles. The lowest BCUT2D eigenvalue weighted by Gasteiger charge is -2.45. The standard InChI is InChI=1S/C30H40N2O2/c1-24-7-6-10-27(21-24)29(33)32-17-15-30(16-18-32)14-5-4-9-26-8-2-3-11-28(26)34-20-19-31(23-30)22-25-12-13-25/h2-3,6-8,10-11,21,25H,4-5,9,12-20,22-23H2,1H3. The minimum atomic E-state index is 0.201. The normalized spacial score (nSPS) is 21.7. The summed E-state index contributed by atoms with van der Waals surface area (Å²) in [4.78, 5) is 18.0. The van der Waals surface area contributed by atoms with E-state index in [0.717, 1.165) is 74.8 Å². The molecule has 4 nitrogen and oxygen atoms in total. The van der Waals surface area contributed by atoms with E-state index in [1.807, 2.05) is 18.2 Å². The van der Waals surface area contributed by atoms with Crippen molar-refractivity contribution in [1.82, 2.24) is 9.80 Å². The summed E-state index contributed by atoms with van der Waals surface area (Å²) in [7, 11) is 0. The smallest absolute Gasteiger partial charge is 0.253 e. The Kier molecular flexibility index (Phi) is 7.24. The molecule has 2 fully saturated rings. The molecule has 2 aromatic carbocycles. The van der Waals surface area contributed by atoms with Crippen LogP contribution in [0.2, 0.25) is 0 Å². The molecule has 3 aliphatic rings. The van der Waals surface area contributed by atoms with Crippen LogP contribution in [-0.2, 0) is 6.42 Å². The molecule has 1 spiro atoms. The number of aryl methyl sites for hydroxylation is 2. The van der Waals surface area contributed by atoms with E-state index < -0.39 is 0 Å². The van der Waals surface area contributed by atoms with Crippen LogP contribution in [0.15, 0.2) is 48.5 Å². The second kappa shape index (κ2) is 10.5. The number of nitrogens with zero attached hydrogens (tertiary/aromatic N) is 2. The van der Waals surface area contributed by atoms with E-state index in [1.54, 1.807) is 0 Å². The van der Waals surface area contributed by atoms with Crippen LogP contribution in [0.1, 0.15) is 66.4 Å². The van der Waals surface area contributed by atoms with Gasteiger partial charge >= 0.3 is 0 Å². The molecule has 4 heteroatoms. The zero-order valence-corrected chi connectivity index (χ0v) is 20.8. The molecule has 2 aliphatic heterocycles. The van der Waals surface area contributed by atoms with E-state index >= 15 is 0 Å². The van der Waals surface area contributed by atoms with E-state index in [1.165, 1.54) is 44.2 Å². The minimum absolute atomic E-state index is 0.201. The SMILES string of the molecule is Cc1cccc(C(=O)N2CCC3(CCCCc4ccccc4OCCN(CC4CC4)C3)CC2)c1. The van der Waals surface area contributed by atoms with Gasteiger partial charge in [-0.3, -0.25) is 9.69 Å². The number of piperidine rings is 1. The quantitative estimate of drug-likeness (QED) is 0.586. The van der Waals surface area contributed by atoms with Crippen LogP contribution >= 0.6 is 0 Å². The van der Waals surface area contributed by atoms with Crippen molar-refractivity contribution in [3.05, 3.63) is 65.2 Å². The molecule has 0 radical (unpaired) electrons. The number of hydrogen-bond donors (Lipinski definition) is 0. The van der Waals surface area contributed by atoms with Crippen LogP contribution in [0.3, 0.4) is 0 Å². The molecule has 1 saturated carbocycles. The fourth-order valence-electron chi connectivity index (χ4n) is 5.96. The minimum Gasteiger partial charge on any atom is -0.492 e. The van der Waals surface area contributed by atoms with Crippen LogP contribution in [0.5, 0.6) is 5.75 Å². The summed E-state index contributed by atoms with van der Waals surface area (Å²) in [5.74, 6) is 2.15. The fraction of sp³-hybridized carbons (Fsp3) is 0.567. The predicted molar refractivity (Wildman–Crippen MR) is 137 cm³/mol. The largest absolute Gasteiger partial charge is 0.492 e. The highest BCUT2D eigenvalue weighted by atomic mass is 16.5. The lowest BCUT2D eigenvalue weighted by atomic mass is 9.73. The van der Waals surface area contributed by atoms with Gasteiger partial charge in [-0.05, 0) is 87.0 Å². The Morgan fingerprint density at radius 1 is 1.00 bits per heavy atom. The Balaban J connectivity index is 1.28. The first-order valence-electron chi connectivity index (χ1n) is 13.4. The summed E-state index contributed by atoms with van der Waals surface area (Å²) in [6.45, 7) is 7.94. The molecule has 34 heavy (non-hydrogen) atoms. The monoisotopic (exact) mass is 460 g/mol. The van der Waals surface area contributed by atoms with Crippen molar-refractivity contribution in [3.8, 4) is 5.75 Å². The van der Waals surface area contributed by atoms with E-state index in [9.17, 15) is 4.79 Å². The number of benzene rings is 2. The highest BCUT2D eigenvalue weighted by molar-refractivity contribution is 5.94. The summed E-state index contributed by atoms with van der Waals surface area (Å²) in [6, 6.07) is 16.6. The van der Waals surface area contributed by atoms with Crippen molar-refractivity contribution in [2.24, 2.45) is 11.3 Å². The molecular weight excluding hydrogens is 420 g/mol. The summed E-state index contributed by atoms with van der Waals surface area (Å²) < 4.78 is 6.28. The van der Waals surface area contributed by atoms with Gasteiger partial charge in [0.1, 0.15) is 12.4 Å². The topological polar surface area (TPSA) is 32.8 Å². The van der Waals surface area contributed by atoms with Crippen molar-refractivity contribution in [2.45, 2.75) is 58.3 Å². The zero-order chi connectivity index (χ0) is 23.4. The number of rotatable bonds is 3. The van der Waals surface area contributed by atoms with E-state index in [2.05, 4.69) is 47.1 Å². The molecule has 1 amide bonds. The zero-order valence-electron chi connectivity index (χ0n) is 20.8. The average Bonchev–Trinajstić information content (AvgIpc) is 3.66. The van der Waals surface area contributed by atoms with Gasteiger partial charge in [-0.2, -0.15) is 0 Å². The highest BCUT2D eigenvalue weighted by Gasteiger charge is 2.38. The third-order valence-electron chi connectivity index (χ3n) is 8.19. The van der Waals surface area contributed by atoms with Gasteiger partial charge in [-0.15, -0.1) is 0 Å². The number of fused-ring (bicyclic) bond motifs is 1. The number of para-hydroxylation sites is 1. The van der Waals surface area contributed by atoms with Gasteiger partial charge in [0.25, 0.3) is 5.91 Å². The molecule has 0 N–H and O–H groups in total. The van der Waals surface area contributed by atoms with Gasteiger partial charge in [0.2, 0.25) is 0 Å². The second-order valence-corrected chi connectivity index (χ2v) is 11.0. The molecule has 182 valence electrons. The first-order chi connectivity index (χ1) is 16.6. The van der Waals surface area contributed by atoms with Gasteiger partial charge in [0.15, 0.2) is 0 Å². The highest BCUT2D eigenvalue weighted by Crippen LogP contribution is 2.40. The third kappa shape index (κ3) is 5.83. The van der Waals surface area contributed by atoms with E-state index in [4.69, 9.17) is 4.74 Å². The Labute approximate surface area is 205 Å². The second-order valence-electron chi connectivity index (χ2n) is 11.0. The van der Waals surface area contributed by atoms with Crippen molar-refractivity contribution >= 4 is 5.91 Å². The molecule has 0 unspecified atom stereocenters. The van der Waals surface area contributed by atoms with Gasteiger partial charge in [0.05, 0.1) is 0 Å². The van der Waals surface area contributed by atoms with Gasteiger partial charge < -0.3 is 9.64 Å². The van der Waals surface area contributed by atoms with Crippen LogP contribution in [0.25, 0.3) is 0 Å². The number of amides is 1. The molecule has 5 rings (SSSR count). The Morgan fingerprint density at radius 3 is 2.62 bits per heavy atom. The van der Waals surface area contributed by atoms with Crippen LogP contribution in [-0.4, -0.2) is 55.0 Å². The molecule has 2 heterocycles. The summed E-state index contributed by atoms with van der Waals surface area (Å²) >= 11 is 0. The fourth-order valence-corrected chi connectivity index (χ4v) is 5.96. The van der Waals surface area contributed by atoms with Gasteiger partial charge in [-0.25, -0.2) is 0 Å². The number of carbonyl (C=O) groups excluding carboxylic acids is 1. The lowest BCUT2D eigenvalue weighted by molar-refractivity contribution is 0.0368.